The number of hydrogen-bond acceptors (Lipinski definition) is 7. The molecule has 8 nitrogen and oxygen atoms in total. The summed E-state index contributed by atoms with van der Waals surface area (Å²) in [7, 11) is 3.00. The van der Waals surface area contributed by atoms with E-state index in [2.05, 4.69) is 32.2 Å². The maximum Gasteiger partial charge on any atom is 0.247 e. The molecule has 0 saturated carbocycles. The van der Waals surface area contributed by atoms with Gasteiger partial charge in [-0.15, -0.1) is 0 Å². The summed E-state index contributed by atoms with van der Waals surface area (Å²) in [6, 6.07) is 12.1. The molecule has 2 N–H and O–H groups in total. The van der Waals surface area contributed by atoms with Gasteiger partial charge in [-0.1, -0.05) is 41.4 Å². The number of ether oxygens (including phenoxy) is 2. The number of pyridine rings is 1. The van der Waals surface area contributed by atoms with Crippen LogP contribution in [0.25, 0.3) is 22.5 Å². The lowest BCUT2D eigenvalue weighted by Gasteiger charge is -2.17. The van der Waals surface area contributed by atoms with Crippen molar-refractivity contribution in [3.05, 3.63) is 82.7 Å². The number of amides is 1. The lowest BCUT2D eigenvalue weighted by atomic mass is 10.1. The number of methoxy groups -OCH3 is 2. The zero-order chi connectivity index (χ0) is 26.5. The maximum absolute atomic E-state index is 11.6. The van der Waals surface area contributed by atoms with Crippen molar-refractivity contribution in [2.45, 2.75) is 0 Å². The van der Waals surface area contributed by atoms with Crippen molar-refractivity contribution in [1.82, 2.24) is 15.0 Å². The second-order valence-electron chi connectivity index (χ2n) is 7.49. The van der Waals surface area contributed by atoms with E-state index in [-0.39, 0.29) is 16.0 Å². The zero-order valence-corrected chi connectivity index (χ0v) is 21.9. The molecule has 0 aliphatic carbocycles. The average molecular weight is 557 g/mol. The second kappa shape index (κ2) is 11.5. The molecular weight excluding hydrogens is 537 g/mol. The van der Waals surface area contributed by atoms with Crippen molar-refractivity contribution in [3.63, 3.8) is 0 Å². The number of anilines is 3. The molecule has 0 spiro atoms. The Kier molecular flexibility index (Phi) is 8.13. The summed E-state index contributed by atoms with van der Waals surface area (Å²) >= 11 is 19.6. The number of nitrogens with one attached hydrogen (secondary N) is 2. The number of benzene rings is 2. The molecule has 2 aromatic heterocycles. The molecule has 0 fully saturated rings. The molecular formula is C26H20Cl3N5O3. The lowest BCUT2D eigenvalue weighted by molar-refractivity contribution is -0.111. The van der Waals surface area contributed by atoms with Crippen LogP contribution < -0.4 is 20.1 Å². The van der Waals surface area contributed by atoms with Crippen LogP contribution in [0.3, 0.4) is 0 Å². The topological polar surface area (TPSA) is 98.3 Å². The van der Waals surface area contributed by atoms with Gasteiger partial charge >= 0.3 is 0 Å². The zero-order valence-electron chi connectivity index (χ0n) is 19.7. The number of rotatable bonds is 8. The van der Waals surface area contributed by atoms with Crippen molar-refractivity contribution in [2.24, 2.45) is 0 Å². The van der Waals surface area contributed by atoms with Gasteiger partial charge in [-0.05, 0) is 42.5 Å². The third kappa shape index (κ3) is 5.61. The fourth-order valence-corrected chi connectivity index (χ4v) is 4.34. The van der Waals surface area contributed by atoms with E-state index in [9.17, 15) is 4.79 Å². The first-order valence-corrected chi connectivity index (χ1v) is 11.9. The van der Waals surface area contributed by atoms with Gasteiger partial charge in [0.15, 0.2) is 0 Å². The fourth-order valence-electron chi connectivity index (χ4n) is 3.47. The first-order valence-electron chi connectivity index (χ1n) is 10.7. The minimum atomic E-state index is -0.335. The SMILES string of the molecule is C=CC(=O)Nc1ccc(-c2cc(-c3cccnc3Nc3c(Cl)c(OC)cc(OC)c3Cl)ncn2)c(Cl)c1. The van der Waals surface area contributed by atoms with E-state index >= 15 is 0 Å². The van der Waals surface area contributed by atoms with Crippen molar-refractivity contribution >= 4 is 57.9 Å². The quantitative estimate of drug-likeness (QED) is 0.224. The summed E-state index contributed by atoms with van der Waals surface area (Å²) < 4.78 is 10.7. The highest BCUT2D eigenvalue weighted by Gasteiger charge is 2.20. The minimum Gasteiger partial charge on any atom is -0.495 e. The summed E-state index contributed by atoms with van der Waals surface area (Å²) in [6.07, 6.45) is 4.24. The van der Waals surface area contributed by atoms with Gasteiger partial charge in [0.1, 0.15) is 33.7 Å². The predicted octanol–water partition coefficient (Wildman–Crippen LogP) is 7.05. The van der Waals surface area contributed by atoms with Crippen LogP contribution in [0.15, 0.2) is 67.6 Å². The van der Waals surface area contributed by atoms with Crippen molar-refractivity contribution in [3.8, 4) is 34.0 Å². The number of nitrogens with zero attached hydrogens (tertiary/aromatic N) is 3. The van der Waals surface area contributed by atoms with Gasteiger partial charge in [0.25, 0.3) is 0 Å². The van der Waals surface area contributed by atoms with Crippen LogP contribution in [0, 0.1) is 0 Å². The molecule has 1 amide bonds. The number of aromatic nitrogens is 3. The molecule has 0 unspecified atom stereocenters. The first kappa shape index (κ1) is 26.2. The van der Waals surface area contributed by atoms with Gasteiger partial charge in [-0.3, -0.25) is 4.79 Å². The third-order valence-electron chi connectivity index (χ3n) is 5.27. The normalized spacial score (nSPS) is 10.5. The fraction of sp³-hybridized carbons (Fsp3) is 0.0769. The highest BCUT2D eigenvalue weighted by molar-refractivity contribution is 6.41. The largest absolute Gasteiger partial charge is 0.495 e. The molecule has 0 radical (unpaired) electrons. The molecule has 0 saturated heterocycles. The van der Waals surface area contributed by atoms with Crippen LogP contribution in [-0.4, -0.2) is 35.1 Å². The van der Waals surface area contributed by atoms with Crippen LogP contribution in [-0.2, 0) is 4.79 Å². The molecule has 2 aromatic carbocycles. The van der Waals surface area contributed by atoms with Gasteiger partial charge in [-0.25, -0.2) is 15.0 Å². The minimum absolute atomic E-state index is 0.267. The molecule has 0 aliphatic rings. The smallest absolute Gasteiger partial charge is 0.247 e. The Bertz CT molecular complexity index is 1470. The summed E-state index contributed by atoms with van der Waals surface area (Å²) in [5.74, 6) is 0.877. The Hall–Kier alpha value is -3.85. The van der Waals surface area contributed by atoms with Crippen LogP contribution >= 0.6 is 34.8 Å². The summed E-state index contributed by atoms with van der Waals surface area (Å²) in [5.41, 5.74) is 3.37. The van der Waals surface area contributed by atoms with E-state index in [1.165, 1.54) is 26.6 Å². The number of hydrogen-bond donors (Lipinski definition) is 2. The highest BCUT2D eigenvalue weighted by atomic mass is 35.5. The Morgan fingerprint density at radius 3 is 2.22 bits per heavy atom. The van der Waals surface area contributed by atoms with E-state index in [0.717, 1.165) is 0 Å². The lowest BCUT2D eigenvalue weighted by Crippen LogP contribution is -2.07. The van der Waals surface area contributed by atoms with Crippen LogP contribution in [0.5, 0.6) is 11.5 Å². The molecule has 0 aliphatic heterocycles. The summed E-state index contributed by atoms with van der Waals surface area (Å²) in [6.45, 7) is 3.44. The monoisotopic (exact) mass is 555 g/mol. The molecule has 0 bridgehead atoms. The highest BCUT2D eigenvalue weighted by Crippen LogP contribution is 2.46. The molecule has 4 rings (SSSR count). The maximum atomic E-state index is 11.6. The van der Waals surface area contributed by atoms with Gasteiger partial charge in [-0.2, -0.15) is 0 Å². The Labute approximate surface area is 228 Å². The van der Waals surface area contributed by atoms with Crippen LogP contribution in [0.2, 0.25) is 15.1 Å². The van der Waals surface area contributed by atoms with E-state index < -0.39 is 0 Å². The van der Waals surface area contributed by atoms with E-state index in [1.54, 1.807) is 42.6 Å². The van der Waals surface area contributed by atoms with E-state index in [1.807, 2.05) is 6.07 Å². The summed E-state index contributed by atoms with van der Waals surface area (Å²) in [5, 5.41) is 6.80. The number of halogens is 3. The average Bonchev–Trinajstić information content (AvgIpc) is 2.91. The molecule has 188 valence electrons. The molecule has 4 aromatic rings. The molecule has 11 heteroatoms. The Morgan fingerprint density at radius 1 is 0.919 bits per heavy atom. The van der Waals surface area contributed by atoms with E-state index in [4.69, 9.17) is 44.3 Å². The molecule has 2 heterocycles. The first-order chi connectivity index (χ1) is 17.9. The van der Waals surface area contributed by atoms with Crippen molar-refractivity contribution in [1.29, 1.82) is 0 Å². The van der Waals surface area contributed by atoms with Gasteiger partial charge in [0, 0.05) is 29.1 Å². The number of carbonyl (C=O) groups is 1. The van der Waals surface area contributed by atoms with Gasteiger partial charge in [0.2, 0.25) is 5.91 Å². The standard InChI is InChI=1S/C26H20Cl3N5O3/c1-4-22(35)33-14-7-8-15(17(27)10-14)18-11-19(32-13-31-18)16-6-5-9-30-26(16)34-25-23(28)20(36-2)12-21(37-3)24(25)29/h4-13H,1H2,2-3H3,(H,30,34)(H,33,35). The van der Waals surface area contributed by atoms with Crippen molar-refractivity contribution in [2.75, 3.05) is 24.9 Å². The van der Waals surface area contributed by atoms with Gasteiger partial charge in [0.05, 0.1) is 36.3 Å². The second-order valence-corrected chi connectivity index (χ2v) is 8.65. The third-order valence-corrected chi connectivity index (χ3v) is 6.33. The number of carbonyl (C=O) groups excluding carboxylic acids is 1. The molecule has 37 heavy (non-hydrogen) atoms. The Balaban J connectivity index is 1.73. The van der Waals surface area contributed by atoms with Crippen LogP contribution in [0.4, 0.5) is 17.2 Å². The Morgan fingerprint density at radius 2 is 1.59 bits per heavy atom. The van der Waals surface area contributed by atoms with E-state index in [0.29, 0.717) is 56.2 Å². The predicted molar refractivity (Wildman–Crippen MR) is 147 cm³/mol. The van der Waals surface area contributed by atoms with Crippen LogP contribution in [0.1, 0.15) is 0 Å². The molecule has 0 atom stereocenters. The summed E-state index contributed by atoms with van der Waals surface area (Å²) in [4.78, 5) is 24.9. The van der Waals surface area contributed by atoms with Crippen molar-refractivity contribution < 1.29 is 14.3 Å². The van der Waals surface area contributed by atoms with Gasteiger partial charge < -0.3 is 20.1 Å².